The molecule has 0 bridgehead atoms. The summed E-state index contributed by atoms with van der Waals surface area (Å²) in [4.78, 5) is 3.61. The van der Waals surface area contributed by atoms with Gasteiger partial charge < -0.3 is 18.9 Å². The van der Waals surface area contributed by atoms with Gasteiger partial charge in [-0.2, -0.15) is 0 Å². The van der Waals surface area contributed by atoms with Crippen molar-refractivity contribution in [2.75, 3.05) is 9.80 Å². The molecule has 14 aromatic rings. The van der Waals surface area contributed by atoms with Crippen LogP contribution >= 0.6 is 0 Å². The van der Waals surface area contributed by atoms with Crippen molar-refractivity contribution in [3.8, 4) is 44.8 Å². The Morgan fingerprint density at radius 1 is 0.329 bits per heavy atom. The summed E-state index contributed by atoms with van der Waals surface area (Å²) in [6, 6.07) is 28.3. The van der Waals surface area contributed by atoms with Gasteiger partial charge in [0.2, 0.25) is 0 Å². The van der Waals surface area contributed by atoms with E-state index in [-0.39, 0.29) is 43.8 Å². The van der Waals surface area contributed by atoms with Gasteiger partial charge in [-0.1, -0.05) is 229 Å². The third kappa shape index (κ3) is 8.05. The molecule has 0 N–H and O–H groups in total. The van der Waals surface area contributed by atoms with Crippen molar-refractivity contribution in [3.63, 3.8) is 0 Å². The maximum Gasteiger partial charge on any atom is 0.252 e. The zero-order chi connectivity index (χ0) is 76.4. The summed E-state index contributed by atoms with van der Waals surface area (Å²) >= 11 is 0. The number of rotatable bonds is 7. The molecule has 5 heteroatoms. The van der Waals surface area contributed by atoms with Crippen molar-refractivity contribution in [1.82, 2.24) is 9.13 Å². The van der Waals surface area contributed by atoms with Crippen molar-refractivity contribution in [3.05, 3.63) is 284 Å². The van der Waals surface area contributed by atoms with E-state index in [0.29, 0.717) is 61.6 Å². The lowest BCUT2D eigenvalue weighted by Gasteiger charge is -2.45. The van der Waals surface area contributed by atoms with Crippen LogP contribution in [0.3, 0.4) is 0 Å². The SMILES string of the molecule is [2H]c1c([2H])c(-n2c3c([2H])c([2H])c([2H])c([2H])c3c3c([2H])c([2H])c([2H])c([2H])c32)c([2H])c2c1B1c3c(cc(-c4ccccc4)cc3N(c3ccc(C(C)(C)C)cc3-c3ccccc3)c3c([2H])c(-n4c5c([2H])c([2H])c([2H])c([2H])c5c5c([2H])c([2H])c([2H])c([2H])c54)c([2H])c([2H])c31)N2c1ccc(C(C)(C)C)cc1-c1ccccc1. The molecule has 0 fully saturated rings. The summed E-state index contributed by atoms with van der Waals surface area (Å²) in [5.74, 6) is 0. The van der Waals surface area contributed by atoms with Crippen LogP contribution < -0.4 is 26.2 Å². The molecular weight excluding hydrogens is 1030 g/mol. The lowest BCUT2D eigenvalue weighted by molar-refractivity contribution is 0.590. The minimum absolute atomic E-state index is 0.138. The molecule has 0 aliphatic carbocycles. The van der Waals surface area contributed by atoms with E-state index < -0.39 is 184 Å². The number of hydrogen-bond acceptors (Lipinski definition) is 2. The average Bonchev–Trinajstić information content (AvgIpc) is 1.67. The van der Waals surface area contributed by atoms with Gasteiger partial charge in [-0.25, -0.2) is 0 Å². The van der Waals surface area contributed by atoms with Crippen molar-refractivity contribution in [2.45, 2.75) is 52.4 Å². The first kappa shape index (κ1) is 32.7. The highest BCUT2D eigenvalue weighted by Crippen LogP contribution is 2.52. The Kier molecular flexibility index (Phi) is 7.39. The first-order valence-electron chi connectivity index (χ1n) is 39.2. The van der Waals surface area contributed by atoms with Gasteiger partial charge in [0.15, 0.2) is 0 Å². The van der Waals surface area contributed by atoms with Crippen LogP contribution in [0, 0.1) is 0 Å². The monoisotopic (exact) mass is 1110 g/mol. The smallest absolute Gasteiger partial charge is 0.252 e. The fourth-order valence-electron chi connectivity index (χ4n) is 12.4. The number of benzene rings is 12. The number of hydrogen-bond donors (Lipinski definition) is 0. The Morgan fingerprint density at radius 3 is 1.05 bits per heavy atom. The largest absolute Gasteiger partial charge is 0.311 e. The molecule has 16 rings (SSSR count). The minimum Gasteiger partial charge on any atom is -0.311 e. The van der Waals surface area contributed by atoms with E-state index >= 15 is 0 Å². The first-order valence-corrected chi connectivity index (χ1v) is 28.2. The molecule has 4 heterocycles. The van der Waals surface area contributed by atoms with Gasteiger partial charge in [0.05, 0.1) is 63.6 Å². The zero-order valence-corrected chi connectivity index (χ0v) is 47.1. The molecule has 0 atom stereocenters. The molecule has 0 radical (unpaired) electrons. The molecular formula is C80H63BN4. The first-order chi connectivity index (χ1) is 50.6. The zero-order valence-electron chi connectivity index (χ0n) is 69.1. The van der Waals surface area contributed by atoms with Crippen molar-refractivity contribution in [1.29, 1.82) is 0 Å². The van der Waals surface area contributed by atoms with Gasteiger partial charge in [-0.15, -0.1) is 0 Å². The number of fused-ring (bicyclic) bond motifs is 10. The summed E-state index contributed by atoms with van der Waals surface area (Å²) in [6.45, 7) is 10.8. The van der Waals surface area contributed by atoms with Gasteiger partial charge in [0.1, 0.15) is 0 Å². The molecule has 0 amide bonds. The Bertz CT molecular complexity index is 5810. The average molecular weight is 1110 g/mol. The molecule has 85 heavy (non-hydrogen) atoms. The van der Waals surface area contributed by atoms with Crippen LogP contribution in [0.25, 0.3) is 88.4 Å². The van der Waals surface area contributed by atoms with E-state index in [2.05, 4.69) is 41.5 Å². The summed E-state index contributed by atoms with van der Waals surface area (Å²) in [6.07, 6.45) is 0. The molecule has 2 aliphatic heterocycles. The van der Waals surface area contributed by atoms with Crippen LogP contribution in [-0.4, -0.2) is 15.8 Å². The van der Waals surface area contributed by atoms with Gasteiger partial charge in [-0.3, -0.25) is 0 Å². The molecule has 2 aliphatic rings. The van der Waals surface area contributed by atoms with Gasteiger partial charge in [0, 0.05) is 66.8 Å². The molecule has 406 valence electrons. The predicted octanol–water partition coefficient (Wildman–Crippen LogP) is 19.6. The molecule has 2 aromatic heterocycles. The van der Waals surface area contributed by atoms with Crippen LogP contribution in [-0.2, 0) is 10.8 Å². The number of anilines is 6. The molecule has 0 saturated heterocycles. The van der Waals surface area contributed by atoms with Crippen LogP contribution in [0.1, 0.15) is 82.8 Å². The van der Waals surface area contributed by atoms with Crippen molar-refractivity contribution < 1.29 is 30.2 Å². The van der Waals surface area contributed by atoms with Crippen molar-refractivity contribution in [2.24, 2.45) is 0 Å². The molecule has 0 unspecified atom stereocenters. The van der Waals surface area contributed by atoms with E-state index in [1.54, 1.807) is 9.80 Å². The quantitative estimate of drug-likeness (QED) is 0.148. The van der Waals surface area contributed by atoms with Crippen molar-refractivity contribution >= 4 is 101 Å². The lowest BCUT2D eigenvalue weighted by Crippen LogP contribution is -2.61. The van der Waals surface area contributed by atoms with Gasteiger partial charge in [-0.05, 0) is 145 Å². The predicted molar refractivity (Wildman–Crippen MR) is 363 cm³/mol. The Balaban J connectivity index is 1.17. The summed E-state index contributed by atoms with van der Waals surface area (Å²) in [5, 5.41) is -1.37. The van der Waals surface area contributed by atoms with E-state index in [0.717, 1.165) is 20.3 Å². The van der Waals surface area contributed by atoms with Crippen LogP contribution in [0.4, 0.5) is 34.1 Å². The van der Waals surface area contributed by atoms with E-state index in [1.807, 2.05) is 140 Å². The number of nitrogens with zero attached hydrogens (tertiary/aromatic N) is 4. The van der Waals surface area contributed by atoms with Crippen LogP contribution in [0.15, 0.2) is 272 Å². The molecule has 0 spiro atoms. The molecule has 12 aromatic carbocycles. The van der Waals surface area contributed by atoms with Gasteiger partial charge in [0.25, 0.3) is 6.71 Å². The van der Waals surface area contributed by atoms with E-state index in [1.165, 1.54) is 0 Å². The topological polar surface area (TPSA) is 16.3 Å². The Hall–Kier alpha value is -10.1. The maximum atomic E-state index is 11.3. The Morgan fingerprint density at radius 2 is 0.682 bits per heavy atom. The molecule has 4 nitrogen and oxygen atoms in total. The van der Waals surface area contributed by atoms with Crippen LogP contribution in [0.5, 0.6) is 0 Å². The summed E-state index contributed by atoms with van der Waals surface area (Å²) in [7, 11) is 0. The maximum absolute atomic E-state index is 11.3. The summed E-state index contributed by atoms with van der Waals surface area (Å²) in [5.41, 5.74) is 3.07. The second-order valence-electron chi connectivity index (χ2n) is 23.6. The van der Waals surface area contributed by atoms with E-state index in [9.17, 15) is 19.2 Å². The van der Waals surface area contributed by atoms with Crippen LogP contribution in [0.2, 0.25) is 0 Å². The highest BCUT2D eigenvalue weighted by atomic mass is 15.2. The minimum atomic E-state index is -1.57. The number of para-hydroxylation sites is 4. The third-order valence-electron chi connectivity index (χ3n) is 16.5. The lowest BCUT2D eigenvalue weighted by atomic mass is 9.33. The molecule has 0 saturated carbocycles. The van der Waals surface area contributed by atoms with Gasteiger partial charge >= 0.3 is 0 Å². The van der Waals surface area contributed by atoms with E-state index in [4.69, 9.17) is 11.0 Å². The third-order valence-corrected chi connectivity index (χ3v) is 16.5. The fourth-order valence-corrected chi connectivity index (χ4v) is 12.4. The standard InChI is InChI=1S/C80H63BN4/c1-79(2,3)56-38-44-72(64(48-56)53-26-12-8-13-27-53)84-74-50-58(82-68-34-20-16-30-60(68)61-31-17-21-35-69(61)82)40-42-66(74)81-67-43-41-59(83-70-36-22-18-32-62(70)63-33-19-23-37-71(63)83)51-75(67)85(77-47-55(46-76(84)78(77)81)52-24-10-7-11-25-52)73-45-39-57(80(4,5)6)49-65(73)54-28-14-9-15-29-54/h7-51H,1-6H3/i16D,17D,18D,19D,20D,21D,22D,23D,30D,31D,32D,33D,34D,35D,36D,37D,40D,41D,42D,43D,50D,51D. The highest BCUT2D eigenvalue weighted by molar-refractivity contribution is 7.00. The highest BCUT2D eigenvalue weighted by Gasteiger charge is 2.45. The Labute approximate surface area is 529 Å². The fraction of sp³-hybridized carbons (Fsp3) is 0.100. The number of aromatic nitrogens is 2. The second-order valence-corrected chi connectivity index (χ2v) is 23.6. The second kappa shape index (κ2) is 19.2. The normalized spacial score (nSPS) is 16.6. The summed E-state index contributed by atoms with van der Waals surface area (Å²) < 4.78 is 217.